The minimum Gasteiger partial charge on any atom is -0.491 e. The Bertz CT molecular complexity index is 577. The van der Waals surface area contributed by atoms with E-state index in [1.54, 1.807) is 24.1 Å². The first kappa shape index (κ1) is 17.2. The maximum absolute atomic E-state index is 14.4. The van der Waals surface area contributed by atoms with Gasteiger partial charge >= 0.3 is 0 Å². The average Bonchev–Trinajstić information content (AvgIpc) is 2.51. The van der Waals surface area contributed by atoms with Crippen LogP contribution < -0.4 is 4.74 Å². The number of ether oxygens (including phenoxy) is 2. The lowest BCUT2D eigenvalue weighted by Crippen LogP contribution is -2.38. The second-order valence-corrected chi connectivity index (χ2v) is 6.36. The van der Waals surface area contributed by atoms with E-state index in [9.17, 15) is 9.18 Å². The summed E-state index contributed by atoms with van der Waals surface area (Å²) in [5, 5.41) is 0. The number of rotatable bonds is 6. The van der Waals surface area contributed by atoms with Crippen LogP contribution in [0.2, 0.25) is 0 Å². The first-order valence-corrected chi connectivity index (χ1v) is 8.40. The summed E-state index contributed by atoms with van der Waals surface area (Å²) >= 11 is 2.12. The Morgan fingerprint density at radius 1 is 1.41 bits per heavy atom. The van der Waals surface area contributed by atoms with Crippen molar-refractivity contribution in [3.8, 4) is 5.75 Å². The highest BCUT2D eigenvalue weighted by molar-refractivity contribution is 14.1. The van der Waals surface area contributed by atoms with Gasteiger partial charge in [-0.2, -0.15) is 0 Å². The van der Waals surface area contributed by atoms with Gasteiger partial charge in [-0.25, -0.2) is 4.39 Å². The Morgan fingerprint density at radius 2 is 2.18 bits per heavy atom. The molecule has 0 saturated carbocycles. The van der Waals surface area contributed by atoms with E-state index in [1.807, 2.05) is 13.0 Å². The summed E-state index contributed by atoms with van der Waals surface area (Å²) in [7, 11) is 1.58. The second-order valence-electron chi connectivity index (χ2n) is 4.86. The number of nitrogens with zero attached hydrogens (tertiary/aromatic N) is 1. The molecule has 1 aromatic carbocycles. The highest BCUT2D eigenvalue weighted by atomic mass is 127. The molecule has 22 heavy (non-hydrogen) atoms. The van der Waals surface area contributed by atoms with Crippen molar-refractivity contribution in [1.29, 1.82) is 0 Å². The van der Waals surface area contributed by atoms with Crippen LogP contribution in [-0.4, -0.2) is 41.6 Å². The van der Waals surface area contributed by atoms with Gasteiger partial charge in [-0.1, -0.05) is 28.7 Å². The Labute approximate surface area is 143 Å². The predicted octanol–water partition coefficient (Wildman–Crippen LogP) is 3.25. The summed E-state index contributed by atoms with van der Waals surface area (Å²) in [6.07, 6.45) is 2.54. The van der Waals surface area contributed by atoms with Gasteiger partial charge in [0.2, 0.25) is 5.91 Å². The van der Waals surface area contributed by atoms with Gasteiger partial charge < -0.3 is 14.4 Å². The van der Waals surface area contributed by atoms with E-state index in [1.165, 1.54) is 6.07 Å². The number of hydrogen-bond acceptors (Lipinski definition) is 3. The first-order chi connectivity index (χ1) is 10.6. The number of hydrogen-bond donors (Lipinski definition) is 0. The molecular formula is C16H19FINO3. The van der Waals surface area contributed by atoms with Crippen LogP contribution in [0.15, 0.2) is 24.3 Å². The van der Waals surface area contributed by atoms with Gasteiger partial charge in [0.15, 0.2) is 0 Å². The fourth-order valence-corrected chi connectivity index (χ4v) is 2.92. The molecule has 1 aliphatic rings. The number of amides is 1. The minimum absolute atomic E-state index is 0.0282. The largest absolute Gasteiger partial charge is 0.491 e. The highest BCUT2D eigenvalue weighted by Crippen LogP contribution is 2.31. The van der Waals surface area contributed by atoms with E-state index in [-0.39, 0.29) is 15.6 Å². The molecule has 6 heteroatoms. The summed E-state index contributed by atoms with van der Waals surface area (Å²) < 4.78 is 24.6. The van der Waals surface area contributed by atoms with Crippen LogP contribution in [0.4, 0.5) is 4.39 Å². The van der Waals surface area contributed by atoms with Gasteiger partial charge in [0.1, 0.15) is 18.2 Å². The standard InChI is InChI=1S/C16H19FINO3/c1-3-19-15(7-6-14(18)16(19)20)12-5-4-11(10-13(12)17)22-9-8-21-2/h4-5,7,10,14H,3,6,8-9H2,1-2H3. The summed E-state index contributed by atoms with van der Waals surface area (Å²) in [5.74, 6) is 0.0931. The van der Waals surface area contributed by atoms with E-state index in [2.05, 4.69) is 22.6 Å². The quantitative estimate of drug-likeness (QED) is 0.404. The van der Waals surface area contributed by atoms with Gasteiger partial charge in [0.25, 0.3) is 0 Å². The smallest absolute Gasteiger partial charge is 0.240 e. The Hall–Kier alpha value is -1.15. The molecule has 0 saturated heterocycles. The van der Waals surface area contributed by atoms with Crippen molar-refractivity contribution >= 4 is 34.2 Å². The molecule has 0 N–H and O–H groups in total. The van der Waals surface area contributed by atoms with Crippen molar-refractivity contribution in [1.82, 2.24) is 4.90 Å². The van der Waals surface area contributed by atoms with E-state index in [0.29, 0.717) is 43.2 Å². The number of carbonyl (C=O) groups is 1. The van der Waals surface area contributed by atoms with Crippen molar-refractivity contribution in [3.05, 3.63) is 35.7 Å². The number of halogens is 2. The van der Waals surface area contributed by atoms with Crippen LogP contribution in [-0.2, 0) is 9.53 Å². The third-order valence-corrected chi connectivity index (χ3v) is 4.47. The van der Waals surface area contributed by atoms with Crippen LogP contribution in [0.5, 0.6) is 5.75 Å². The fraction of sp³-hybridized carbons (Fsp3) is 0.438. The minimum atomic E-state index is -0.390. The number of alkyl halides is 1. The van der Waals surface area contributed by atoms with Crippen molar-refractivity contribution in [2.45, 2.75) is 17.3 Å². The topological polar surface area (TPSA) is 38.8 Å². The molecule has 1 amide bonds. The summed E-state index contributed by atoms with van der Waals surface area (Å²) in [5.41, 5.74) is 1.07. The number of carbonyl (C=O) groups excluding carboxylic acids is 1. The molecule has 0 aliphatic carbocycles. The lowest BCUT2D eigenvalue weighted by Gasteiger charge is -2.30. The molecule has 120 valence electrons. The maximum atomic E-state index is 14.4. The summed E-state index contributed by atoms with van der Waals surface area (Å²) in [6.45, 7) is 3.23. The summed E-state index contributed by atoms with van der Waals surface area (Å²) in [6, 6.07) is 4.72. The third-order valence-electron chi connectivity index (χ3n) is 3.43. The molecular weight excluding hydrogens is 400 g/mol. The molecule has 1 heterocycles. The van der Waals surface area contributed by atoms with Gasteiger partial charge in [0.05, 0.1) is 10.5 Å². The van der Waals surface area contributed by atoms with Crippen LogP contribution in [0.1, 0.15) is 18.9 Å². The van der Waals surface area contributed by atoms with Crippen LogP contribution in [0.25, 0.3) is 5.70 Å². The lowest BCUT2D eigenvalue weighted by molar-refractivity contribution is -0.127. The molecule has 0 radical (unpaired) electrons. The molecule has 1 aromatic rings. The number of allylic oxidation sites excluding steroid dienone is 1. The van der Waals surface area contributed by atoms with Crippen molar-refractivity contribution in [2.24, 2.45) is 0 Å². The molecule has 1 aliphatic heterocycles. The van der Waals surface area contributed by atoms with Crippen molar-refractivity contribution in [3.63, 3.8) is 0 Å². The molecule has 0 fully saturated rings. The molecule has 2 rings (SSSR count). The predicted molar refractivity (Wildman–Crippen MR) is 91.6 cm³/mol. The molecule has 4 nitrogen and oxygen atoms in total. The zero-order valence-corrected chi connectivity index (χ0v) is 14.8. The number of methoxy groups -OCH3 is 1. The Morgan fingerprint density at radius 3 is 2.82 bits per heavy atom. The Kier molecular flexibility index (Phi) is 6.19. The van der Waals surface area contributed by atoms with E-state index in [0.717, 1.165) is 0 Å². The molecule has 0 spiro atoms. The number of benzene rings is 1. The van der Waals surface area contributed by atoms with Crippen molar-refractivity contribution in [2.75, 3.05) is 26.9 Å². The van der Waals surface area contributed by atoms with E-state index in [4.69, 9.17) is 9.47 Å². The maximum Gasteiger partial charge on any atom is 0.240 e. The fourth-order valence-electron chi connectivity index (χ4n) is 2.33. The van der Waals surface area contributed by atoms with Crippen molar-refractivity contribution < 1.29 is 18.7 Å². The zero-order chi connectivity index (χ0) is 16.1. The zero-order valence-electron chi connectivity index (χ0n) is 12.6. The van der Waals surface area contributed by atoms with Crippen LogP contribution >= 0.6 is 22.6 Å². The second kappa shape index (κ2) is 7.92. The van der Waals surface area contributed by atoms with Gasteiger partial charge in [-0.15, -0.1) is 0 Å². The molecule has 0 bridgehead atoms. The van der Waals surface area contributed by atoms with Gasteiger partial charge in [-0.05, 0) is 25.5 Å². The molecule has 1 atom stereocenters. The summed E-state index contributed by atoms with van der Waals surface area (Å²) in [4.78, 5) is 13.8. The van der Waals surface area contributed by atoms with Gasteiger partial charge in [0, 0.05) is 31.0 Å². The first-order valence-electron chi connectivity index (χ1n) is 7.15. The highest BCUT2D eigenvalue weighted by Gasteiger charge is 2.29. The average molecular weight is 419 g/mol. The van der Waals surface area contributed by atoms with E-state index >= 15 is 0 Å². The third kappa shape index (κ3) is 3.78. The van der Waals surface area contributed by atoms with Crippen LogP contribution in [0.3, 0.4) is 0 Å². The normalized spacial score (nSPS) is 18.4. The molecule has 0 aromatic heterocycles. The van der Waals surface area contributed by atoms with Gasteiger partial charge in [-0.3, -0.25) is 4.79 Å². The Balaban J connectivity index is 2.23. The van der Waals surface area contributed by atoms with E-state index < -0.39 is 0 Å². The molecule has 1 unspecified atom stereocenters. The lowest BCUT2D eigenvalue weighted by atomic mass is 10.0. The van der Waals surface area contributed by atoms with Crippen LogP contribution in [0, 0.1) is 5.82 Å². The monoisotopic (exact) mass is 419 g/mol. The SMILES string of the molecule is CCN1C(=O)C(I)CC=C1c1ccc(OCCOC)cc1F.